The summed E-state index contributed by atoms with van der Waals surface area (Å²) in [4.78, 5) is 10.8. The Morgan fingerprint density at radius 1 is 1.43 bits per heavy atom. The molecule has 3 unspecified atom stereocenters. The molecule has 82 valence electrons. The monoisotopic (exact) mass is 217 g/mol. The van der Waals surface area contributed by atoms with Gasteiger partial charge in [-0.05, 0) is 31.6 Å². The zero-order valence-electron chi connectivity index (χ0n) is 8.35. The fraction of sp³-hybridized carbons (Fsp3) is 0.900. The lowest BCUT2D eigenvalue weighted by Gasteiger charge is -2.20. The van der Waals surface area contributed by atoms with Crippen molar-refractivity contribution >= 4 is 18.6 Å². The van der Waals surface area contributed by atoms with Crippen LogP contribution in [0, 0.1) is 11.8 Å². The Kier molecular flexibility index (Phi) is 4.75. The summed E-state index contributed by atoms with van der Waals surface area (Å²) in [6, 6.07) is 0.130. The predicted octanol–water partition coefficient (Wildman–Crippen LogP) is 1.52. The van der Waals surface area contributed by atoms with E-state index >= 15 is 0 Å². The molecule has 0 aromatic carbocycles. The number of rotatable bonds is 3. The van der Waals surface area contributed by atoms with Gasteiger partial charge < -0.3 is 10.8 Å². The van der Waals surface area contributed by atoms with Gasteiger partial charge in [-0.2, -0.15) is 12.6 Å². The first-order chi connectivity index (χ1) is 6.65. The van der Waals surface area contributed by atoms with Crippen molar-refractivity contribution in [2.75, 3.05) is 5.75 Å². The summed E-state index contributed by atoms with van der Waals surface area (Å²) in [6.45, 7) is 0. The predicted molar refractivity (Wildman–Crippen MR) is 59.5 cm³/mol. The number of carboxylic acid groups (broad SMARTS) is 1. The van der Waals surface area contributed by atoms with Crippen molar-refractivity contribution in [2.45, 2.75) is 38.1 Å². The zero-order chi connectivity index (χ0) is 10.6. The first-order valence-corrected chi connectivity index (χ1v) is 5.87. The van der Waals surface area contributed by atoms with Crippen LogP contribution in [0.3, 0.4) is 0 Å². The first kappa shape index (κ1) is 11.9. The average molecular weight is 217 g/mol. The second-order valence-corrected chi connectivity index (χ2v) is 4.52. The highest BCUT2D eigenvalue weighted by Gasteiger charge is 2.25. The Labute approximate surface area is 90.5 Å². The first-order valence-electron chi connectivity index (χ1n) is 5.24. The molecule has 1 aliphatic rings. The van der Waals surface area contributed by atoms with Crippen molar-refractivity contribution in [1.82, 2.24) is 0 Å². The maximum atomic E-state index is 10.8. The maximum Gasteiger partial charge on any atom is 0.306 e. The van der Waals surface area contributed by atoms with Gasteiger partial charge in [-0.1, -0.05) is 6.42 Å². The molecule has 4 heteroatoms. The van der Waals surface area contributed by atoms with E-state index in [0.29, 0.717) is 11.7 Å². The van der Waals surface area contributed by atoms with Crippen LogP contribution in [0.1, 0.15) is 32.1 Å². The molecule has 0 aromatic heterocycles. The molecular weight excluding hydrogens is 198 g/mol. The number of carboxylic acids is 1. The zero-order valence-corrected chi connectivity index (χ0v) is 9.25. The minimum atomic E-state index is -0.648. The molecule has 1 fully saturated rings. The van der Waals surface area contributed by atoms with E-state index in [9.17, 15) is 4.79 Å². The van der Waals surface area contributed by atoms with E-state index in [-0.39, 0.29) is 12.0 Å². The smallest absolute Gasteiger partial charge is 0.306 e. The van der Waals surface area contributed by atoms with E-state index in [2.05, 4.69) is 12.6 Å². The summed E-state index contributed by atoms with van der Waals surface area (Å²) < 4.78 is 0. The van der Waals surface area contributed by atoms with Crippen LogP contribution >= 0.6 is 12.6 Å². The molecule has 0 aliphatic heterocycles. The topological polar surface area (TPSA) is 63.3 Å². The van der Waals surface area contributed by atoms with Gasteiger partial charge in [0.25, 0.3) is 0 Å². The molecule has 0 aromatic rings. The van der Waals surface area contributed by atoms with E-state index in [1.165, 1.54) is 0 Å². The fourth-order valence-electron chi connectivity index (χ4n) is 2.15. The van der Waals surface area contributed by atoms with Crippen molar-refractivity contribution in [3.8, 4) is 0 Å². The molecular formula is C10H19NO2S. The Morgan fingerprint density at radius 2 is 2.14 bits per heavy atom. The van der Waals surface area contributed by atoms with Crippen LogP contribution in [-0.2, 0) is 4.79 Å². The lowest BCUT2D eigenvalue weighted by Crippen LogP contribution is -2.31. The van der Waals surface area contributed by atoms with Gasteiger partial charge in [0.05, 0.1) is 5.92 Å². The minimum absolute atomic E-state index is 0.130. The summed E-state index contributed by atoms with van der Waals surface area (Å²) in [7, 11) is 0. The van der Waals surface area contributed by atoms with Crippen molar-refractivity contribution in [3.63, 3.8) is 0 Å². The normalized spacial score (nSPS) is 30.7. The summed E-state index contributed by atoms with van der Waals surface area (Å²) in [6.07, 6.45) is 4.58. The van der Waals surface area contributed by atoms with Gasteiger partial charge in [-0.25, -0.2) is 0 Å². The van der Waals surface area contributed by atoms with E-state index in [4.69, 9.17) is 10.8 Å². The highest BCUT2D eigenvalue weighted by molar-refractivity contribution is 7.80. The molecule has 3 atom stereocenters. The highest BCUT2D eigenvalue weighted by Crippen LogP contribution is 2.29. The quantitative estimate of drug-likeness (QED) is 0.496. The summed E-state index contributed by atoms with van der Waals surface area (Å²) >= 11 is 4.18. The van der Waals surface area contributed by atoms with Crippen LogP contribution in [0.4, 0.5) is 0 Å². The van der Waals surface area contributed by atoms with Crippen LogP contribution in [0.5, 0.6) is 0 Å². The van der Waals surface area contributed by atoms with Gasteiger partial charge in [0.15, 0.2) is 0 Å². The number of aliphatic carboxylic acids is 1. The molecule has 3 nitrogen and oxygen atoms in total. The van der Waals surface area contributed by atoms with Crippen molar-refractivity contribution < 1.29 is 9.90 Å². The van der Waals surface area contributed by atoms with Gasteiger partial charge >= 0.3 is 5.97 Å². The Hall–Kier alpha value is -0.220. The lowest BCUT2D eigenvalue weighted by atomic mass is 9.93. The Bertz CT molecular complexity index is 199. The summed E-state index contributed by atoms with van der Waals surface area (Å²) in [5.41, 5.74) is 5.91. The molecule has 0 spiro atoms. The summed E-state index contributed by atoms with van der Waals surface area (Å²) in [5.74, 6) is 0.372. The van der Waals surface area contributed by atoms with Gasteiger partial charge in [-0.15, -0.1) is 0 Å². The molecule has 14 heavy (non-hydrogen) atoms. The molecule has 3 N–H and O–H groups in total. The number of nitrogens with two attached hydrogens (primary N) is 1. The largest absolute Gasteiger partial charge is 0.481 e. The van der Waals surface area contributed by atoms with E-state index in [1.807, 2.05) is 0 Å². The van der Waals surface area contributed by atoms with E-state index < -0.39 is 5.97 Å². The van der Waals surface area contributed by atoms with Crippen molar-refractivity contribution in [2.24, 2.45) is 17.6 Å². The highest BCUT2D eigenvalue weighted by atomic mass is 32.1. The third-order valence-electron chi connectivity index (χ3n) is 3.18. The molecule has 0 amide bonds. The summed E-state index contributed by atoms with van der Waals surface area (Å²) in [5, 5.41) is 8.90. The van der Waals surface area contributed by atoms with Crippen LogP contribution in [0.2, 0.25) is 0 Å². The number of hydrogen-bond acceptors (Lipinski definition) is 3. The SMILES string of the molecule is NC(CS)C1CCCC(C(=O)O)CC1. The molecule has 0 bridgehead atoms. The Balaban J connectivity index is 2.44. The standard InChI is InChI=1S/C10H19NO2S/c11-9(6-14)7-2-1-3-8(5-4-7)10(12)13/h7-9,14H,1-6,11H2,(H,12,13). The van der Waals surface area contributed by atoms with Crippen molar-refractivity contribution in [1.29, 1.82) is 0 Å². The maximum absolute atomic E-state index is 10.8. The molecule has 0 saturated heterocycles. The second kappa shape index (κ2) is 5.61. The van der Waals surface area contributed by atoms with Gasteiger partial charge in [-0.3, -0.25) is 4.79 Å². The Morgan fingerprint density at radius 3 is 2.71 bits per heavy atom. The number of hydrogen-bond donors (Lipinski definition) is 3. The van der Waals surface area contributed by atoms with Gasteiger partial charge in [0, 0.05) is 11.8 Å². The molecule has 1 rings (SSSR count). The minimum Gasteiger partial charge on any atom is -0.481 e. The molecule has 1 aliphatic carbocycles. The number of carbonyl (C=O) groups is 1. The molecule has 1 saturated carbocycles. The van der Waals surface area contributed by atoms with Crippen molar-refractivity contribution in [3.05, 3.63) is 0 Å². The third kappa shape index (κ3) is 3.17. The molecule has 0 radical (unpaired) electrons. The van der Waals surface area contributed by atoms with Gasteiger partial charge in [0.2, 0.25) is 0 Å². The third-order valence-corrected chi connectivity index (χ3v) is 3.60. The van der Waals surface area contributed by atoms with Crippen LogP contribution in [0.15, 0.2) is 0 Å². The fourth-order valence-corrected chi connectivity index (χ4v) is 2.45. The van der Waals surface area contributed by atoms with Gasteiger partial charge in [0.1, 0.15) is 0 Å². The molecule has 0 heterocycles. The van der Waals surface area contributed by atoms with Crippen LogP contribution < -0.4 is 5.73 Å². The number of thiol groups is 1. The van der Waals surface area contributed by atoms with E-state index in [1.54, 1.807) is 0 Å². The lowest BCUT2D eigenvalue weighted by molar-refractivity contribution is -0.142. The second-order valence-electron chi connectivity index (χ2n) is 4.15. The average Bonchev–Trinajstić information content (AvgIpc) is 2.41. The van der Waals surface area contributed by atoms with E-state index in [0.717, 1.165) is 32.1 Å². The van der Waals surface area contributed by atoms with Crippen LogP contribution in [0.25, 0.3) is 0 Å². The van der Waals surface area contributed by atoms with Crippen LogP contribution in [-0.4, -0.2) is 22.9 Å².